The molecule has 0 saturated heterocycles. The lowest BCUT2D eigenvalue weighted by Gasteiger charge is -2.19. The van der Waals surface area contributed by atoms with E-state index in [4.69, 9.17) is 19.3 Å². The summed E-state index contributed by atoms with van der Waals surface area (Å²) >= 11 is 0. The van der Waals surface area contributed by atoms with Gasteiger partial charge in [0.15, 0.2) is 0 Å². The van der Waals surface area contributed by atoms with E-state index in [1.165, 1.54) is 116 Å². The first-order valence-corrected chi connectivity index (χ1v) is 18.5. The highest BCUT2D eigenvalue weighted by Crippen LogP contribution is 2.43. The van der Waals surface area contributed by atoms with E-state index in [1.54, 1.807) is 0 Å². The summed E-state index contributed by atoms with van der Waals surface area (Å²) in [5, 5.41) is 17.8. The van der Waals surface area contributed by atoms with Crippen molar-refractivity contribution in [2.45, 2.75) is 162 Å². The molecule has 0 unspecified atom stereocenters. The van der Waals surface area contributed by atoms with Crippen molar-refractivity contribution >= 4 is 7.82 Å². The van der Waals surface area contributed by atoms with Crippen LogP contribution in [0.15, 0.2) is 0 Å². The van der Waals surface area contributed by atoms with Gasteiger partial charge in [-0.05, 0) is 25.8 Å². The molecule has 0 amide bonds. The summed E-state index contributed by atoms with van der Waals surface area (Å²) in [5.41, 5.74) is 0. The summed E-state index contributed by atoms with van der Waals surface area (Å²) in [6.07, 6.45) is 27.1. The van der Waals surface area contributed by atoms with Gasteiger partial charge in [0.25, 0.3) is 0 Å². The largest absolute Gasteiger partial charge is 0.472 e. The summed E-state index contributed by atoms with van der Waals surface area (Å²) in [6.45, 7) is 10.0. The van der Waals surface area contributed by atoms with Crippen molar-refractivity contribution in [2.24, 2.45) is 0 Å². The van der Waals surface area contributed by atoms with Gasteiger partial charge in [-0.1, -0.05) is 143 Å². The van der Waals surface area contributed by atoms with Crippen molar-refractivity contribution in [1.82, 2.24) is 4.90 Å². The van der Waals surface area contributed by atoms with Gasteiger partial charge in [-0.3, -0.25) is 13.9 Å². The number of aliphatic hydroxyl groups excluding tert-OH is 2. The number of phosphoric acid groups is 1. The molecule has 0 saturated carbocycles. The molecule has 0 atom stereocenters. The Morgan fingerprint density at radius 3 is 1.10 bits per heavy atom. The Kier molecular flexibility index (Phi) is 37.1. The number of rotatable bonds is 31. The van der Waals surface area contributed by atoms with Gasteiger partial charge in [-0.15, -0.1) is 0 Å². The van der Waals surface area contributed by atoms with E-state index in [0.717, 1.165) is 32.2 Å². The summed E-state index contributed by atoms with van der Waals surface area (Å²) < 4.78 is 21.5. The fraction of sp³-hybridized carbons (Fsp3) is 1.00. The molecule has 0 fully saturated rings. The molecule has 0 aliphatic carbocycles. The Morgan fingerprint density at radius 2 is 0.775 bits per heavy atom. The molecule has 0 aromatic carbocycles. The Morgan fingerprint density at radius 1 is 0.475 bits per heavy atom. The van der Waals surface area contributed by atoms with E-state index in [-0.39, 0.29) is 13.2 Å². The highest BCUT2D eigenvalue weighted by molar-refractivity contribution is 7.47. The van der Waals surface area contributed by atoms with Crippen molar-refractivity contribution in [3.05, 3.63) is 0 Å². The van der Waals surface area contributed by atoms with Gasteiger partial charge in [0.05, 0.1) is 26.4 Å². The topological polar surface area (TPSA) is 99.5 Å². The predicted molar refractivity (Wildman–Crippen MR) is 171 cm³/mol. The van der Waals surface area contributed by atoms with Crippen LogP contribution in [0.1, 0.15) is 162 Å². The molecule has 8 heteroatoms. The zero-order chi connectivity index (χ0) is 30.0. The Balaban J connectivity index is 0. The summed E-state index contributed by atoms with van der Waals surface area (Å²) in [4.78, 5) is 11.7. The van der Waals surface area contributed by atoms with Gasteiger partial charge in [0.1, 0.15) is 0 Å². The van der Waals surface area contributed by atoms with Crippen molar-refractivity contribution < 1.29 is 28.7 Å². The Hall–Kier alpha value is -0.0100. The quantitative estimate of drug-likeness (QED) is 0.0543. The van der Waals surface area contributed by atoms with Gasteiger partial charge in [-0.2, -0.15) is 0 Å². The van der Waals surface area contributed by atoms with Crippen LogP contribution in [0.5, 0.6) is 0 Å². The molecule has 0 bridgehead atoms. The van der Waals surface area contributed by atoms with Crippen LogP contribution in [0.3, 0.4) is 0 Å². The Labute approximate surface area is 249 Å². The average molecular weight is 596 g/mol. The zero-order valence-corrected chi connectivity index (χ0v) is 27.9. The maximum absolute atomic E-state index is 11.6. The van der Waals surface area contributed by atoms with Gasteiger partial charge < -0.3 is 15.1 Å². The van der Waals surface area contributed by atoms with Crippen molar-refractivity contribution in [1.29, 1.82) is 0 Å². The summed E-state index contributed by atoms with van der Waals surface area (Å²) in [7, 11) is -3.82. The fourth-order valence-corrected chi connectivity index (χ4v) is 5.40. The van der Waals surface area contributed by atoms with Crippen molar-refractivity contribution in [3.63, 3.8) is 0 Å². The first-order chi connectivity index (χ1) is 19.5. The van der Waals surface area contributed by atoms with E-state index >= 15 is 0 Å². The second kappa shape index (κ2) is 35.2. The highest BCUT2D eigenvalue weighted by Gasteiger charge is 2.19. The first kappa shape index (κ1) is 42.1. The molecule has 0 rings (SSSR count). The smallest absolute Gasteiger partial charge is 0.395 e. The molecule has 0 heterocycles. The molecule has 0 aliphatic rings. The SMILES string of the molecule is CCCCCCCCCCCCN(CCO)CCO.CCCCCCCCOP(=O)(O)OCCCCCCCC. The van der Waals surface area contributed by atoms with Gasteiger partial charge in [-0.25, -0.2) is 4.57 Å². The minimum Gasteiger partial charge on any atom is -0.395 e. The molecule has 40 heavy (non-hydrogen) atoms. The van der Waals surface area contributed by atoms with Crippen molar-refractivity contribution in [3.8, 4) is 0 Å². The summed E-state index contributed by atoms with van der Waals surface area (Å²) in [6, 6.07) is 0. The summed E-state index contributed by atoms with van der Waals surface area (Å²) in [5.74, 6) is 0. The van der Waals surface area contributed by atoms with Crippen LogP contribution in [-0.4, -0.2) is 66.1 Å². The molecule has 0 aliphatic heterocycles. The molecular weight excluding hydrogens is 525 g/mol. The molecule has 0 aromatic rings. The third kappa shape index (κ3) is 36.0. The van der Waals surface area contributed by atoms with Crippen LogP contribution < -0.4 is 0 Å². The second-order valence-corrected chi connectivity index (χ2v) is 12.6. The molecule has 0 radical (unpaired) electrons. The number of aliphatic hydroxyl groups is 2. The van der Waals surface area contributed by atoms with Crippen LogP contribution in [0.25, 0.3) is 0 Å². The third-order valence-electron chi connectivity index (χ3n) is 7.16. The van der Waals surface area contributed by atoms with Gasteiger partial charge in [0, 0.05) is 13.1 Å². The lowest BCUT2D eigenvalue weighted by Crippen LogP contribution is -2.30. The van der Waals surface area contributed by atoms with Crippen LogP contribution in [-0.2, 0) is 13.6 Å². The lowest BCUT2D eigenvalue weighted by atomic mass is 10.1. The molecular formula is C32H70NO6P. The maximum atomic E-state index is 11.6. The predicted octanol–water partition coefficient (Wildman–Crippen LogP) is 9.03. The standard InChI is InChI=1S/C16H35NO2.C16H35O4P/c1-2-3-4-5-6-7-8-9-10-11-12-17(13-15-18)14-16-19;1-3-5-7-9-11-13-15-19-21(17,18)20-16-14-12-10-8-6-4-2/h18-19H,2-16H2,1H3;3-16H2,1-2H3,(H,17,18). The molecule has 3 N–H and O–H groups in total. The fourth-order valence-electron chi connectivity index (χ4n) is 4.60. The second-order valence-electron chi connectivity index (χ2n) is 11.1. The number of nitrogens with zero attached hydrogens (tertiary/aromatic N) is 1. The highest BCUT2D eigenvalue weighted by atomic mass is 31.2. The van der Waals surface area contributed by atoms with E-state index in [0.29, 0.717) is 26.3 Å². The van der Waals surface area contributed by atoms with E-state index < -0.39 is 7.82 Å². The van der Waals surface area contributed by atoms with Crippen LogP contribution >= 0.6 is 7.82 Å². The third-order valence-corrected chi connectivity index (χ3v) is 8.18. The van der Waals surface area contributed by atoms with Gasteiger partial charge in [0.2, 0.25) is 0 Å². The van der Waals surface area contributed by atoms with Crippen LogP contribution in [0.2, 0.25) is 0 Å². The molecule has 7 nitrogen and oxygen atoms in total. The molecule has 0 aromatic heterocycles. The normalized spacial score (nSPS) is 11.7. The van der Waals surface area contributed by atoms with Crippen LogP contribution in [0, 0.1) is 0 Å². The minimum atomic E-state index is -3.82. The monoisotopic (exact) mass is 595 g/mol. The number of hydrogen-bond donors (Lipinski definition) is 3. The first-order valence-electron chi connectivity index (χ1n) is 17.0. The van der Waals surface area contributed by atoms with Crippen molar-refractivity contribution in [2.75, 3.05) is 46.1 Å². The number of unbranched alkanes of at least 4 members (excludes halogenated alkanes) is 19. The van der Waals surface area contributed by atoms with Gasteiger partial charge >= 0.3 is 7.82 Å². The maximum Gasteiger partial charge on any atom is 0.472 e. The molecule has 244 valence electrons. The number of hydrogen-bond acceptors (Lipinski definition) is 6. The lowest BCUT2D eigenvalue weighted by molar-refractivity contribution is 0.145. The average Bonchev–Trinajstić information content (AvgIpc) is 2.93. The zero-order valence-electron chi connectivity index (χ0n) is 27.0. The van der Waals surface area contributed by atoms with Crippen LogP contribution in [0.4, 0.5) is 0 Å². The van der Waals surface area contributed by atoms with E-state index in [2.05, 4.69) is 25.7 Å². The Bertz CT molecular complexity index is 484. The van der Waals surface area contributed by atoms with E-state index in [1.807, 2.05) is 0 Å². The van der Waals surface area contributed by atoms with E-state index in [9.17, 15) is 9.46 Å². The minimum absolute atomic E-state index is 0.192. The molecule has 0 spiro atoms. The number of phosphoric ester groups is 1.